The van der Waals surface area contributed by atoms with Gasteiger partial charge in [0.05, 0.1) is 23.9 Å². The number of amides is 1. The van der Waals surface area contributed by atoms with E-state index in [0.29, 0.717) is 21.4 Å². The molecule has 4 rings (SSSR count). The van der Waals surface area contributed by atoms with E-state index in [-0.39, 0.29) is 17.9 Å². The Kier molecular flexibility index (Phi) is 7.23. The maximum Gasteiger partial charge on any atom is 0.282 e. The minimum absolute atomic E-state index is 0.151. The Hall–Kier alpha value is -2.28. The van der Waals surface area contributed by atoms with Crippen molar-refractivity contribution in [1.29, 1.82) is 0 Å². The Balaban J connectivity index is 1.66. The summed E-state index contributed by atoms with van der Waals surface area (Å²) in [5.74, 6) is 0.461. The SMILES string of the molecule is COc1ccc([C@@H]2[C@@H](C)C(C(=O)NN3CCCCCC3)=NN2c2ccc(Cl)cc2Cl)cc1. The number of hydrogen-bond acceptors (Lipinski definition) is 5. The zero-order valence-electron chi connectivity index (χ0n) is 18.4. The molecule has 0 aliphatic carbocycles. The lowest BCUT2D eigenvalue weighted by Gasteiger charge is -2.28. The number of nitrogens with one attached hydrogen (secondary N) is 1. The molecular weight excluding hydrogens is 447 g/mol. The topological polar surface area (TPSA) is 57.2 Å². The van der Waals surface area contributed by atoms with Crippen molar-refractivity contribution < 1.29 is 9.53 Å². The van der Waals surface area contributed by atoms with Crippen LogP contribution < -0.4 is 15.2 Å². The molecule has 2 heterocycles. The number of ether oxygens (including phenoxy) is 1. The van der Waals surface area contributed by atoms with Crippen molar-refractivity contribution in [2.45, 2.75) is 38.6 Å². The summed E-state index contributed by atoms with van der Waals surface area (Å²) in [7, 11) is 1.64. The number of carbonyl (C=O) groups is 1. The number of hydrazone groups is 1. The van der Waals surface area contributed by atoms with Gasteiger partial charge in [-0.1, -0.05) is 55.1 Å². The van der Waals surface area contributed by atoms with Crippen molar-refractivity contribution in [3.05, 3.63) is 58.1 Å². The maximum atomic E-state index is 13.2. The molecule has 0 aromatic heterocycles. The summed E-state index contributed by atoms with van der Waals surface area (Å²) in [5, 5.41) is 9.66. The van der Waals surface area contributed by atoms with Crippen molar-refractivity contribution in [2.75, 3.05) is 25.2 Å². The molecule has 2 aliphatic heterocycles. The van der Waals surface area contributed by atoms with E-state index in [4.69, 9.17) is 33.0 Å². The van der Waals surface area contributed by atoms with Crippen molar-refractivity contribution in [3.63, 3.8) is 0 Å². The fourth-order valence-corrected chi connectivity index (χ4v) is 4.86. The molecule has 170 valence electrons. The second-order valence-corrected chi connectivity index (χ2v) is 9.12. The average Bonchev–Trinajstić information content (AvgIpc) is 2.94. The van der Waals surface area contributed by atoms with Gasteiger partial charge in [-0.3, -0.25) is 15.2 Å². The third-order valence-corrected chi connectivity index (χ3v) is 6.63. The molecule has 8 heteroatoms. The van der Waals surface area contributed by atoms with Gasteiger partial charge in [-0.2, -0.15) is 5.10 Å². The highest BCUT2D eigenvalue weighted by Gasteiger charge is 2.40. The highest BCUT2D eigenvalue weighted by atomic mass is 35.5. The highest BCUT2D eigenvalue weighted by molar-refractivity contribution is 6.41. The zero-order valence-corrected chi connectivity index (χ0v) is 19.9. The van der Waals surface area contributed by atoms with Crippen molar-refractivity contribution in [3.8, 4) is 5.75 Å². The fourth-order valence-electron chi connectivity index (χ4n) is 4.37. The number of benzene rings is 2. The molecule has 1 N–H and O–H groups in total. The number of carbonyl (C=O) groups excluding carboxylic acids is 1. The Morgan fingerprint density at radius 2 is 1.75 bits per heavy atom. The number of rotatable bonds is 5. The van der Waals surface area contributed by atoms with Gasteiger partial charge in [0.15, 0.2) is 0 Å². The Bertz CT molecular complexity index is 988. The van der Waals surface area contributed by atoms with Gasteiger partial charge in [-0.05, 0) is 48.7 Å². The number of anilines is 1. The van der Waals surface area contributed by atoms with Crippen LogP contribution in [0.4, 0.5) is 5.69 Å². The third-order valence-electron chi connectivity index (χ3n) is 6.10. The van der Waals surface area contributed by atoms with Gasteiger partial charge in [0.2, 0.25) is 0 Å². The van der Waals surface area contributed by atoms with E-state index in [1.54, 1.807) is 19.2 Å². The summed E-state index contributed by atoms with van der Waals surface area (Å²) in [6, 6.07) is 13.0. The minimum atomic E-state index is -0.190. The summed E-state index contributed by atoms with van der Waals surface area (Å²) in [6.45, 7) is 3.75. The predicted octanol–water partition coefficient (Wildman–Crippen LogP) is 5.46. The number of nitrogens with zero attached hydrogens (tertiary/aromatic N) is 3. The van der Waals surface area contributed by atoms with E-state index >= 15 is 0 Å². The van der Waals surface area contributed by atoms with E-state index < -0.39 is 0 Å². The normalized spacial score (nSPS) is 21.8. The van der Waals surface area contributed by atoms with Crippen LogP contribution in [0.25, 0.3) is 0 Å². The molecule has 2 aromatic carbocycles. The monoisotopic (exact) mass is 474 g/mol. The van der Waals surface area contributed by atoms with Gasteiger partial charge >= 0.3 is 0 Å². The van der Waals surface area contributed by atoms with Gasteiger partial charge in [0.25, 0.3) is 5.91 Å². The van der Waals surface area contributed by atoms with Crippen LogP contribution in [0.5, 0.6) is 5.75 Å². The molecule has 1 fully saturated rings. The zero-order chi connectivity index (χ0) is 22.7. The van der Waals surface area contributed by atoms with Crippen LogP contribution in [0.3, 0.4) is 0 Å². The van der Waals surface area contributed by atoms with Crippen LogP contribution in [-0.2, 0) is 4.79 Å². The van der Waals surface area contributed by atoms with Gasteiger partial charge in [-0.15, -0.1) is 0 Å². The van der Waals surface area contributed by atoms with E-state index in [1.807, 2.05) is 47.3 Å². The van der Waals surface area contributed by atoms with Crippen LogP contribution in [-0.4, -0.2) is 36.8 Å². The first-order valence-corrected chi connectivity index (χ1v) is 11.8. The molecular formula is C24H28Cl2N4O2. The lowest BCUT2D eigenvalue weighted by molar-refractivity contribution is -0.119. The second kappa shape index (κ2) is 10.1. The first-order valence-electron chi connectivity index (χ1n) is 11.0. The molecule has 2 atom stereocenters. The molecule has 0 bridgehead atoms. The lowest BCUT2D eigenvalue weighted by atomic mass is 9.91. The van der Waals surface area contributed by atoms with Crippen molar-refractivity contribution in [2.24, 2.45) is 11.0 Å². The molecule has 2 aromatic rings. The van der Waals surface area contributed by atoms with Gasteiger partial charge in [0, 0.05) is 24.0 Å². The van der Waals surface area contributed by atoms with Crippen molar-refractivity contribution in [1.82, 2.24) is 10.4 Å². The average molecular weight is 475 g/mol. The summed E-state index contributed by atoms with van der Waals surface area (Å²) < 4.78 is 5.31. The van der Waals surface area contributed by atoms with E-state index in [2.05, 4.69) is 5.43 Å². The number of methoxy groups -OCH3 is 1. The van der Waals surface area contributed by atoms with Crippen LogP contribution in [0.2, 0.25) is 10.0 Å². The smallest absolute Gasteiger partial charge is 0.282 e. The standard InChI is InChI=1S/C24H28Cl2N4O2/c1-16-22(24(31)28-29-13-5-3-4-6-14-29)27-30(21-12-9-18(25)15-20(21)26)23(16)17-7-10-19(32-2)11-8-17/h7-12,15-16,23H,3-6,13-14H2,1-2H3,(H,28,31)/t16-,23-/m0/s1. The van der Waals surface area contributed by atoms with Crippen LogP contribution in [0.1, 0.15) is 44.2 Å². The van der Waals surface area contributed by atoms with E-state index in [0.717, 1.165) is 37.2 Å². The molecule has 6 nitrogen and oxygen atoms in total. The Morgan fingerprint density at radius 3 is 2.38 bits per heavy atom. The fraction of sp³-hybridized carbons (Fsp3) is 0.417. The van der Waals surface area contributed by atoms with Gasteiger partial charge in [0.1, 0.15) is 11.5 Å². The molecule has 0 saturated carbocycles. The molecule has 1 amide bonds. The summed E-state index contributed by atoms with van der Waals surface area (Å²) in [6.07, 6.45) is 4.57. The molecule has 0 radical (unpaired) electrons. The first-order chi connectivity index (χ1) is 15.5. The molecule has 0 spiro atoms. The van der Waals surface area contributed by atoms with Crippen LogP contribution in [0, 0.1) is 5.92 Å². The lowest BCUT2D eigenvalue weighted by Crippen LogP contribution is -2.46. The molecule has 1 saturated heterocycles. The summed E-state index contributed by atoms with van der Waals surface area (Å²) in [4.78, 5) is 13.2. The van der Waals surface area contributed by atoms with Crippen molar-refractivity contribution >= 4 is 40.5 Å². The van der Waals surface area contributed by atoms with Crippen LogP contribution >= 0.6 is 23.2 Å². The van der Waals surface area contributed by atoms with E-state index in [9.17, 15) is 4.79 Å². The maximum absolute atomic E-state index is 13.2. The van der Waals surface area contributed by atoms with Gasteiger partial charge < -0.3 is 4.74 Å². The Labute approximate surface area is 199 Å². The Morgan fingerprint density at radius 1 is 1.06 bits per heavy atom. The first kappa shape index (κ1) is 22.9. The largest absolute Gasteiger partial charge is 0.497 e. The molecule has 0 unspecified atom stereocenters. The van der Waals surface area contributed by atoms with Gasteiger partial charge in [-0.25, -0.2) is 5.01 Å². The number of halogens is 2. The summed E-state index contributed by atoms with van der Waals surface area (Å²) >= 11 is 12.7. The number of hydrazine groups is 1. The number of hydrogen-bond donors (Lipinski definition) is 1. The molecule has 32 heavy (non-hydrogen) atoms. The van der Waals surface area contributed by atoms with E-state index in [1.165, 1.54) is 12.8 Å². The predicted molar refractivity (Wildman–Crippen MR) is 129 cm³/mol. The minimum Gasteiger partial charge on any atom is -0.497 e. The second-order valence-electron chi connectivity index (χ2n) is 8.27. The summed E-state index contributed by atoms with van der Waals surface area (Å²) in [5.41, 5.74) is 5.30. The molecule has 2 aliphatic rings. The quantitative estimate of drug-likeness (QED) is 0.624. The highest BCUT2D eigenvalue weighted by Crippen LogP contribution is 2.42. The van der Waals surface area contributed by atoms with Crippen LogP contribution in [0.15, 0.2) is 47.6 Å². The third kappa shape index (κ3) is 4.87.